The maximum atomic E-state index is 13.8. The second-order valence-corrected chi connectivity index (χ2v) is 8.59. The lowest BCUT2D eigenvalue weighted by Gasteiger charge is -2.24. The van der Waals surface area contributed by atoms with E-state index in [1.165, 1.54) is 38.5 Å². The van der Waals surface area contributed by atoms with E-state index in [0.29, 0.717) is 17.0 Å². The van der Waals surface area contributed by atoms with Crippen LogP contribution in [0.2, 0.25) is 0 Å². The number of anilines is 1. The summed E-state index contributed by atoms with van der Waals surface area (Å²) in [5.74, 6) is -0.419. The molecule has 0 aliphatic heterocycles. The molecule has 0 fully saturated rings. The van der Waals surface area contributed by atoms with Crippen molar-refractivity contribution in [3.05, 3.63) is 84.2 Å². The third-order valence-electron chi connectivity index (χ3n) is 4.71. The molecule has 0 heterocycles. The second kappa shape index (κ2) is 10.1. The van der Waals surface area contributed by atoms with Gasteiger partial charge in [-0.2, -0.15) is 0 Å². The molecule has 9 heteroatoms. The first-order valence-electron chi connectivity index (χ1n) is 9.66. The minimum Gasteiger partial charge on any atom is -0.493 e. The molecule has 1 amide bonds. The van der Waals surface area contributed by atoms with E-state index in [0.717, 1.165) is 4.31 Å². The molecule has 1 N–H and O–H groups in total. The number of hydrogen-bond donors (Lipinski definition) is 1. The monoisotopic (exact) mass is 458 g/mol. The predicted octanol–water partition coefficient (Wildman–Crippen LogP) is 3.35. The first-order chi connectivity index (χ1) is 15.4. The van der Waals surface area contributed by atoms with Gasteiger partial charge in [0.2, 0.25) is 5.91 Å². The highest BCUT2D eigenvalue weighted by Gasteiger charge is 2.28. The maximum absolute atomic E-state index is 13.8. The largest absolute Gasteiger partial charge is 0.493 e. The molecule has 0 aliphatic rings. The Kier molecular flexibility index (Phi) is 7.32. The highest BCUT2D eigenvalue weighted by molar-refractivity contribution is 7.92. The molecule has 0 radical (unpaired) electrons. The Bertz CT molecular complexity index is 1190. The van der Waals surface area contributed by atoms with Gasteiger partial charge in [0.15, 0.2) is 11.5 Å². The van der Waals surface area contributed by atoms with Gasteiger partial charge in [-0.25, -0.2) is 12.8 Å². The summed E-state index contributed by atoms with van der Waals surface area (Å²) in [6.07, 6.45) is 0. The summed E-state index contributed by atoms with van der Waals surface area (Å²) in [7, 11) is -1.29. The van der Waals surface area contributed by atoms with Crippen molar-refractivity contribution < 1.29 is 27.1 Å². The minimum absolute atomic E-state index is 0.0649. The molecule has 3 rings (SSSR count). The molecule has 0 unspecified atom stereocenters. The summed E-state index contributed by atoms with van der Waals surface area (Å²) in [6.45, 7) is -0.556. The van der Waals surface area contributed by atoms with Gasteiger partial charge in [0.1, 0.15) is 12.4 Å². The highest BCUT2D eigenvalue weighted by atomic mass is 32.2. The fourth-order valence-electron chi connectivity index (χ4n) is 3.04. The smallest absolute Gasteiger partial charge is 0.264 e. The van der Waals surface area contributed by atoms with Gasteiger partial charge in [0, 0.05) is 18.2 Å². The lowest BCUT2D eigenvalue weighted by atomic mass is 10.2. The number of halogens is 1. The molecule has 0 bridgehead atoms. The number of methoxy groups -OCH3 is 2. The van der Waals surface area contributed by atoms with Crippen molar-refractivity contribution in [1.82, 2.24) is 5.32 Å². The Morgan fingerprint density at radius 3 is 2.25 bits per heavy atom. The van der Waals surface area contributed by atoms with E-state index in [1.54, 1.807) is 48.5 Å². The molecule has 0 aromatic heterocycles. The van der Waals surface area contributed by atoms with Crippen LogP contribution in [0, 0.1) is 5.82 Å². The van der Waals surface area contributed by atoms with E-state index in [1.807, 2.05) is 0 Å². The van der Waals surface area contributed by atoms with Gasteiger partial charge in [0.25, 0.3) is 10.0 Å². The number of rotatable bonds is 9. The Morgan fingerprint density at radius 1 is 0.938 bits per heavy atom. The number of nitrogens with one attached hydrogen (secondary N) is 1. The molecular weight excluding hydrogens is 435 g/mol. The van der Waals surface area contributed by atoms with Gasteiger partial charge in [-0.15, -0.1) is 0 Å². The van der Waals surface area contributed by atoms with Crippen molar-refractivity contribution in [2.75, 3.05) is 25.1 Å². The first-order valence-corrected chi connectivity index (χ1v) is 11.1. The standard InChI is InChI=1S/C23H23FN2O5S/c1-30-21-13-12-19(14-22(21)31-2)32(28,29)26(18-9-4-3-5-10-18)16-23(27)25-15-17-8-6-7-11-20(17)24/h3-14H,15-16H2,1-2H3,(H,25,27). The number of amides is 1. The molecule has 3 aromatic rings. The van der Waals surface area contributed by atoms with Gasteiger partial charge in [-0.1, -0.05) is 36.4 Å². The van der Waals surface area contributed by atoms with E-state index in [4.69, 9.17) is 9.47 Å². The Labute approximate surface area is 186 Å². The predicted molar refractivity (Wildman–Crippen MR) is 119 cm³/mol. The van der Waals surface area contributed by atoms with Crippen LogP contribution in [0.3, 0.4) is 0 Å². The van der Waals surface area contributed by atoms with Crippen LogP contribution in [0.15, 0.2) is 77.7 Å². The number of hydrogen-bond acceptors (Lipinski definition) is 5. The fraction of sp³-hybridized carbons (Fsp3) is 0.174. The number of carbonyl (C=O) groups is 1. The zero-order chi connectivity index (χ0) is 23.1. The van der Waals surface area contributed by atoms with Gasteiger partial charge in [-0.3, -0.25) is 9.10 Å². The topological polar surface area (TPSA) is 84.9 Å². The van der Waals surface area contributed by atoms with E-state index in [9.17, 15) is 17.6 Å². The molecule has 32 heavy (non-hydrogen) atoms. The lowest BCUT2D eigenvalue weighted by molar-refractivity contribution is -0.119. The van der Waals surface area contributed by atoms with Crippen molar-refractivity contribution in [2.45, 2.75) is 11.4 Å². The fourth-order valence-corrected chi connectivity index (χ4v) is 4.47. The van der Waals surface area contributed by atoms with Crippen molar-refractivity contribution in [1.29, 1.82) is 0 Å². The first kappa shape index (κ1) is 23.1. The highest BCUT2D eigenvalue weighted by Crippen LogP contribution is 2.32. The summed E-state index contributed by atoms with van der Waals surface area (Å²) >= 11 is 0. The Hall–Kier alpha value is -3.59. The van der Waals surface area contributed by atoms with Gasteiger partial charge < -0.3 is 14.8 Å². The van der Waals surface area contributed by atoms with Crippen LogP contribution in [-0.2, 0) is 21.4 Å². The van der Waals surface area contributed by atoms with Crippen molar-refractivity contribution >= 4 is 21.6 Å². The van der Waals surface area contributed by atoms with Gasteiger partial charge in [-0.05, 0) is 30.3 Å². The van der Waals surface area contributed by atoms with Crippen molar-refractivity contribution in [2.24, 2.45) is 0 Å². The molecule has 0 atom stereocenters. The van der Waals surface area contributed by atoms with Crippen LogP contribution < -0.4 is 19.1 Å². The lowest BCUT2D eigenvalue weighted by Crippen LogP contribution is -2.40. The third-order valence-corrected chi connectivity index (χ3v) is 6.48. The molecule has 0 aliphatic carbocycles. The average molecular weight is 459 g/mol. The van der Waals surface area contributed by atoms with Crippen LogP contribution in [-0.4, -0.2) is 35.1 Å². The van der Waals surface area contributed by atoms with Crippen LogP contribution in [0.5, 0.6) is 11.5 Å². The molecule has 3 aromatic carbocycles. The van der Waals surface area contributed by atoms with E-state index in [2.05, 4.69) is 5.32 Å². The summed E-state index contributed by atoms with van der Waals surface area (Å²) in [6, 6.07) is 18.5. The van der Waals surface area contributed by atoms with Crippen LogP contribution in [0.25, 0.3) is 0 Å². The van der Waals surface area contributed by atoms with Gasteiger partial charge >= 0.3 is 0 Å². The van der Waals surface area contributed by atoms with Crippen molar-refractivity contribution in [3.8, 4) is 11.5 Å². The molecule has 0 spiro atoms. The SMILES string of the molecule is COc1ccc(S(=O)(=O)N(CC(=O)NCc2ccccc2F)c2ccccc2)cc1OC. The van der Waals surface area contributed by atoms with Crippen LogP contribution in [0.1, 0.15) is 5.56 Å². The van der Waals surface area contributed by atoms with Gasteiger partial charge in [0.05, 0.1) is 24.8 Å². The molecular formula is C23H23FN2O5S. The second-order valence-electron chi connectivity index (χ2n) is 6.73. The number of ether oxygens (including phenoxy) is 2. The number of benzene rings is 3. The summed E-state index contributed by atoms with van der Waals surface area (Å²) in [4.78, 5) is 12.6. The minimum atomic E-state index is -4.14. The Morgan fingerprint density at radius 2 is 1.59 bits per heavy atom. The number of nitrogens with zero attached hydrogens (tertiary/aromatic N) is 1. The van der Waals surface area contributed by atoms with E-state index in [-0.39, 0.29) is 17.2 Å². The summed E-state index contributed by atoms with van der Waals surface area (Å²) in [5.41, 5.74) is 0.609. The summed E-state index contributed by atoms with van der Waals surface area (Å²) in [5, 5.41) is 2.57. The van der Waals surface area contributed by atoms with Crippen molar-refractivity contribution in [3.63, 3.8) is 0 Å². The Balaban J connectivity index is 1.89. The number of sulfonamides is 1. The molecule has 7 nitrogen and oxygen atoms in total. The third kappa shape index (κ3) is 5.17. The number of para-hydroxylation sites is 1. The molecule has 168 valence electrons. The molecule has 0 saturated heterocycles. The zero-order valence-electron chi connectivity index (χ0n) is 17.6. The number of carbonyl (C=O) groups excluding carboxylic acids is 1. The van der Waals surface area contributed by atoms with Crippen LogP contribution >= 0.6 is 0 Å². The van der Waals surface area contributed by atoms with E-state index >= 15 is 0 Å². The molecule has 0 saturated carbocycles. The summed E-state index contributed by atoms with van der Waals surface area (Å²) < 4.78 is 52.1. The normalized spacial score (nSPS) is 11.0. The average Bonchev–Trinajstić information content (AvgIpc) is 2.82. The van der Waals surface area contributed by atoms with E-state index < -0.39 is 28.3 Å². The quantitative estimate of drug-likeness (QED) is 0.532. The van der Waals surface area contributed by atoms with Crippen LogP contribution in [0.4, 0.5) is 10.1 Å². The maximum Gasteiger partial charge on any atom is 0.264 e. The zero-order valence-corrected chi connectivity index (χ0v) is 18.4.